The van der Waals surface area contributed by atoms with E-state index in [2.05, 4.69) is 9.80 Å². The fourth-order valence-corrected chi connectivity index (χ4v) is 2.97. The second kappa shape index (κ2) is 6.57. The first-order chi connectivity index (χ1) is 11.2. The number of para-hydroxylation sites is 2. The van der Waals surface area contributed by atoms with Crippen molar-refractivity contribution in [3.05, 3.63) is 53.8 Å². The molecule has 3 rings (SSSR count). The summed E-state index contributed by atoms with van der Waals surface area (Å²) < 4.78 is 19.2. The molecule has 0 saturated carbocycles. The number of hydrogen-bond acceptors (Lipinski definition) is 4. The highest BCUT2D eigenvalue weighted by molar-refractivity contribution is 5.63. The number of rotatable bonds is 3. The van der Waals surface area contributed by atoms with Crippen LogP contribution in [0.1, 0.15) is 5.56 Å². The Morgan fingerprint density at radius 3 is 2.22 bits per heavy atom. The first-order valence-corrected chi connectivity index (χ1v) is 7.56. The molecule has 0 atom stereocenters. The second-order valence-corrected chi connectivity index (χ2v) is 5.39. The van der Waals surface area contributed by atoms with E-state index in [1.165, 1.54) is 6.07 Å². The molecule has 23 heavy (non-hydrogen) atoms. The Morgan fingerprint density at radius 2 is 1.57 bits per heavy atom. The van der Waals surface area contributed by atoms with Gasteiger partial charge in [-0.3, -0.25) is 0 Å². The normalized spacial score (nSPS) is 14.5. The largest absolute Gasteiger partial charge is 0.495 e. The summed E-state index contributed by atoms with van der Waals surface area (Å²) in [6, 6.07) is 14.7. The molecular weight excluding hydrogens is 293 g/mol. The van der Waals surface area contributed by atoms with Crippen molar-refractivity contribution in [2.45, 2.75) is 0 Å². The number of methoxy groups -OCH3 is 1. The monoisotopic (exact) mass is 311 g/mol. The van der Waals surface area contributed by atoms with Gasteiger partial charge in [-0.05, 0) is 24.3 Å². The summed E-state index contributed by atoms with van der Waals surface area (Å²) >= 11 is 0. The predicted molar refractivity (Wildman–Crippen MR) is 88.5 cm³/mol. The molecule has 1 fully saturated rings. The lowest BCUT2D eigenvalue weighted by Gasteiger charge is -2.38. The van der Waals surface area contributed by atoms with E-state index >= 15 is 0 Å². The van der Waals surface area contributed by atoms with E-state index in [9.17, 15) is 9.65 Å². The molecule has 0 radical (unpaired) electrons. The maximum Gasteiger partial charge on any atom is 0.143 e. The van der Waals surface area contributed by atoms with Crippen LogP contribution in [0.25, 0.3) is 0 Å². The Bertz CT molecular complexity index is 733. The number of halogens is 1. The topological polar surface area (TPSA) is 39.5 Å². The second-order valence-electron chi connectivity index (χ2n) is 5.39. The molecule has 118 valence electrons. The zero-order valence-corrected chi connectivity index (χ0v) is 13.0. The fourth-order valence-electron chi connectivity index (χ4n) is 2.97. The maximum atomic E-state index is 13.8. The molecule has 1 aliphatic rings. The van der Waals surface area contributed by atoms with Gasteiger partial charge in [0.05, 0.1) is 18.5 Å². The van der Waals surface area contributed by atoms with Crippen molar-refractivity contribution < 1.29 is 9.13 Å². The molecule has 0 aliphatic carbocycles. The summed E-state index contributed by atoms with van der Waals surface area (Å²) in [6.07, 6.45) is 0. The van der Waals surface area contributed by atoms with Crippen molar-refractivity contribution >= 4 is 11.4 Å². The van der Waals surface area contributed by atoms with Gasteiger partial charge in [-0.2, -0.15) is 5.26 Å². The molecule has 0 amide bonds. The average Bonchev–Trinajstić information content (AvgIpc) is 2.61. The van der Waals surface area contributed by atoms with E-state index in [1.807, 2.05) is 30.3 Å². The van der Waals surface area contributed by atoms with Crippen molar-refractivity contribution in [2.75, 3.05) is 43.1 Å². The molecule has 2 aromatic carbocycles. The average molecular weight is 311 g/mol. The minimum Gasteiger partial charge on any atom is -0.495 e. The summed E-state index contributed by atoms with van der Waals surface area (Å²) in [6.45, 7) is 3.05. The molecule has 0 unspecified atom stereocenters. The van der Waals surface area contributed by atoms with Crippen LogP contribution >= 0.6 is 0 Å². The molecule has 0 bridgehead atoms. The van der Waals surface area contributed by atoms with Crippen LogP contribution in [0, 0.1) is 17.1 Å². The van der Waals surface area contributed by atoms with Gasteiger partial charge in [-0.25, -0.2) is 4.39 Å². The highest BCUT2D eigenvalue weighted by atomic mass is 19.1. The summed E-state index contributed by atoms with van der Waals surface area (Å²) in [5.41, 5.74) is 1.86. The Hall–Kier alpha value is -2.74. The third kappa shape index (κ3) is 2.93. The fraction of sp³-hybridized carbons (Fsp3) is 0.278. The highest BCUT2D eigenvalue weighted by Crippen LogP contribution is 2.30. The minimum atomic E-state index is -0.461. The van der Waals surface area contributed by atoms with Gasteiger partial charge < -0.3 is 14.5 Å². The van der Waals surface area contributed by atoms with E-state index in [0.29, 0.717) is 5.69 Å². The lowest BCUT2D eigenvalue weighted by Crippen LogP contribution is -2.47. The smallest absolute Gasteiger partial charge is 0.143 e. The Kier molecular flexibility index (Phi) is 4.33. The van der Waals surface area contributed by atoms with Crippen molar-refractivity contribution in [1.82, 2.24) is 0 Å². The maximum absolute atomic E-state index is 13.8. The van der Waals surface area contributed by atoms with Gasteiger partial charge in [-0.1, -0.05) is 18.2 Å². The van der Waals surface area contributed by atoms with E-state index in [0.717, 1.165) is 37.6 Å². The Morgan fingerprint density at radius 1 is 0.957 bits per heavy atom. The zero-order valence-electron chi connectivity index (χ0n) is 13.0. The Balaban J connectivity index is 1.77. The van der Waals surface area contributed by atoms with Gasteiger partial charge in [0.1, 0.15) is 23.2 Å². The number of nitriles is 1. The molecular formula is C18H18FN3O. The van der Waals surface area contributed by atoms with Gasteiger partial charge in [-0.15, -0.1) is 0 Å². The quantitative estimate of drug-likeness (QED) is 0.873. The van der Waals surface area contributed by atoms with E-state index in [1.54, 1.807) is 19.2 Å². The first kappa shape index (κ1) is 15.2. The molecule has 5 heteroatoms. The van der Waals surface area contributed by atoms with Crippen LogP contribution in [0.3, 0.4) is 0 Å². The van der Waals surface area contributed by atoms with Crippen molar-refractivity contribution in [1.29, 1.82) is 5.26 Å². The van der Waals surface area contributed by atoms with E-state index in [-0.39, 0.29) is 5.56 Å². The van der Waals surface area contributed by atoms with Crippen LogP contribution in [-0.2, 0) is 0 Å². The predicted octanol–water partition coefficient (Wildman–Crippen LogP) is 3.03. The molecule has 1 heterocycles. The van der Waals surface area contributed by atoms with Crippen molar-refractivity contribution in [3.63, 3.8) is 0 Å². The first-order valence-electron chi connectivity index (χ1n) is 7.56. The van der Waals surface area contributed by atoms with Crippen molar-refractivity contribution in [3.8, 4) is 11.8 Å². The standard InChI is InChI=1S/C18H18FN3O/c1-23-18-8-3-2-6-17(18)22-11-9-21(10-12-22)16-7-4-5-15(19)14(16)13-20/h2-8H,9-12H2,1H3. The summed E-state index contributed by atoms with van der Waals surface area (Å²) in [5, 5.41) is 9.18. The van der Waals surface area contributed by atoms with Gasteiger partial charge in [0.15, 0.2) is 0 Å². The van der Waals surface area contributed by atoms with Gasteiger partial charge in [0.2, 0.25) is 0 Å². The lowest BCUT2D eigenvalue weighted by molar-refractivity contribution is 0.413. The van der Waals surface area contributed by atoms with E-state index in [4.69, 9.17) is 4.74 Å². The Labute approximate surface area is 135 Å². The third-order valence-electron chi connectivity index (χ3n) is 4.15. The van der Waals surface area contributed by atoms with Crippen LogP contribution < -0.4 is 14.5 Å². The summed E-state index contributed by atoms with van der Waals surface area (Å²) in [7, 11) is 1.67. The lowest BCUT2D eigenvalue weighted by atomic mass is 10.1. The minimum absolute atomic E-state index is 0.123. The summed E-state index contributed by atoms with van der Waals surface area (Å²) in [5.74, 6) is 0.390. The number of hydrogen-bond donors (Lipinski definition) is 0. The van der Waals surface area contributed by atoms with Gasteiger partial charge >= 0.3 is 0 Å². The SMILES string of the molecule is COc1ccccc1N1CCN(c2cccc(F)c2C#N)CC1. The molecule has 1 saturated heterocycles. The molecule has 0 spiro atoms. The van der Waals surface area contributed by atoms with Crippen LogP contribution in [0.5, 0.6) is 5.75 Å². The van der Waals surface area contributed by atoms with Crippen LogP contribution in [-0.4, -0.2) is 33.3 Å². The number of nitrogens with zero attached hydrogens (tertiary/aromatic N) is 3. The van der Waals surface area contributed by atoms with Crippen LogP contribution in [0.4, 0.5) is 15.8 Å². The molecule has 4 nitrogen and oxygen atoms in total. The summed E-state index contributed by atoms with van der Waals surface area (Å²) in [4.78, 5) is 4.31. The van der Waals surface area contributed by atoms with Gasteiger partial charge in [0.25, 0.3) is 0 Å². The number of ether oxygens (including phenoxy) is 1. The number of anilines is 2. The number of benzene rings is 2. The highest BCUT2D eigenvalue weighted by Gasteiger charge is 2.22. The zero-order chi connectivity index (χ0) is 16.2. The third-order valence-corrected chi connectivity index (χ3v) is 4.15. The van der Waals surface area contributed by atoms with Crippen LogP contribution in [0.2, 0.25) is 0 Å². The number of piperazine rings is 1. The molecule has 2 aromatic rings. The van der Waals surface area contributed by atoms with Crippen molar-refractivity contribution in [2.24, 2.45) is 0 Å². The molecule has 0 aromatic heterocycles. The van der Waals surface area contributed by atoms with E-state index < -0.39 is 5.82 Å². The van der Waals surface area contributed by atoms with Crippen LogP contribution in [0.15, 0.2) is 42.5 Å². The molecule has 1 aliphatic heterocycles. The molecule has 0 N–H and O–H groups in total. The van der Waals surface area contributed by atoms with Gasteiger partial charge in [0, 0.05) is 26.2 Å².